The number of ether oxygens (including phenoxy) is 2. The Bertz CT molecular complexity index is 1420. The van der Waals surface area contributed by atoms with Gasteiger partial charge in [0.2, 0.25) is 25.0 Å². The first-order valence-corrected chi connectivity index (χ1v) is 19.5. The Labute approximate surface area is 413 Å². The van der Waals surface area contributed by atoms with Crippen molar-refractivity contribution >= 4 is 54.1 Å². The molecular weight excluding hydrogens is 1060 g/mol. The molecule has 9 atom stereocenters. The van der Waals surface area contributed by atoms with Crippen molar-refractivity contribution in [3.63, 3.8) is 0 Å². The summed E-state index contributed by atoms with van der Waals surface area (Å²) in [4.78, 5) is 94.4. The SMILES string of the molecule is O.O=C([O-])CC(CCN(CCN(CC(=O)[O-])CC(=O)NCCOC(=O)CO/N=C/[C@H](O)[C@H](O)[C@H](O)[C@H](O)CO)CC(=O)[O-])CC(=O)NCCOC(=O)CO/N=C/[C@H](O)[C@H](O)[C@H](O)[C@H](O)CO.[Gd+3]. The number of rotatable bonds is 38. The summed E-state index contributed by atoms with van der Waals surface area (Å²) in [6, 6.07) is 0. The molecule has 0 aliphatic rings. The Morgan fingerprint density at radius 2 is 0.985 bits per heavy atom. The van der Waals surface area contributed by atoms with Gasteiger partial charge in [0.05, 0.1) is 57.2 Å². The molecule has 31 nitrogen and oxygen atoms in total. The first kappa shape index (κ1) is 67.3. The summed E-state index contributed by atoms with van der Waals surface area (Å²) >= 11 is 0. The third-order valence-corrected chi connectivity index (χ3v) is 8.47. The van der Waals surface area contributed by atoms with Gasteiger partial charge in [0, 0.05) is 38.6 Å². The maximum Gasteiger partial charge on any atom is 3.00 e. The van der Waals surface area contributed by atoms with Gasteiger partial charge < -0.3 is 116 Å². The number of aliphatic hydroxyl groups is 10. The number of aliphatic carboxylic acids is 3. The number of esters is 2. The third kappa shape index (κ3) is 33.2. The van der Waals surface area contributed by atoms with Gasteiger partial charge in [-0.15, -0.1) is 0 Å². The second kappa shape index (κ2) is 38.9. The molecule has 32 heteroatoms. The Morgan fingerprint density at radius 3 is 1.40 bits per heavy atom. The van der Waals surface area contributed by atoms with E-state index >= 15 is 0 Å². The molecule has 0 aliphatic heterocycles. The number of carboxylic acids is 3. The van der Waals surface area contributed by atoms with E-state index < -0.39 is 162 Å². The zero-order valence-electron chi connectivity index (χ0n) is 35.7. The van der Waals surface area contributed by atoms with E-state index in [2.05, 4.69) is 30.6 Å². The van der Waals surface area contributed by atoms with Crippen molar-refractivity contribution in [1.82, 2.24) is 20.4 Å². The van der Waals surface area contributed by atoms with Gasteiger partial charge in [0.15, 0.2) is 0 Å². The van der Waals surface area contributed by atoms with Gasteiger partial charge in [-0.1, -0.05) is 10.3 Å². The van der Waals surface area contributed by atoms with Gasteiger partial charge in [-0.3, -0.25) is 19.4 Å². The molecule has 0 bridgehead atoms. The van der Waals surface area contributed by atoms with E-state index in [0.29, 0.717) is 12.4 Å². The van der Waals surface area contributed by atoms with Gasteiger partial charge in [0.1, 0.15) is 62.0 Å². The predicted molar refractivity (Wildman–Crippen MR) is 208 cm³/mol. The molecule has 0 saturated heterocycles. The number of hydrogen-bond donors (Lipinski definition) is 12. The molecule has 0 fully saturated rings. The van der Waals surface area contributed by atoms with Crippen molar-refractivity contribution in [2.24, 2.45) is 16.2 Å². The number of carboxylic acid groups (broad SMARTS) is 3. The monoisotopic (exact) mass is 1120 g/mol. The molecule has 0 aromatic heterocycles. The summed E-state index contributed by atoms with van der Waals surface area (Å²) < 4.78 is 9.63. The number of carbonyl (C=O) groups is 7. The molecule has 0 spiro atoms. The molecule has 0 aromatic carbocycles. The smallest absolute Gasteiger partial charge is 0.550 e. The minimum atomic E-state index is -1.96. The zero-order chi connectivity index (χ0) is 49.5. The van der Waals surface area contributed by atoms with Crippen LogP contribution in [0.15, 0.2) is 10.3 Å². The predicted octanol–water partition coefficient (Wildman–Crippen LogP) is -14.0. The van der Waals surface area contributed by atoms with Crippen molar-refractivity contribution in [1.29, 1.82) is 0 Å². The second-order valence-corrected chi connectivity index (χ2v) is 13.8. The molecule has 1 unspecified atom stereocenters. The van der Waals surface area contributed by atoms with Crippen molar-refractivity contribution < 1.29 is 165 Å². The van der Waals surface area contributed by atoms with Gasteiger partial charge >= 0.3 is 51.9 Å². The van der Waals surface area contributed by atoms with E-state index in [1.54, 1.807) is 0 Å². The quantitative estimate of drug-likeness (QED) is 0.0118. The van der Waals surface area contributed by atoms with E-state index in [4.69, 9.17) is 19.7 Å². The van der Waals surface area contributed by atoms with Gasteiger partial charge in [-0.25, -0.2) is 9.59 Å². The summed E-state index contributed by atoms with van der Waals surface area (Å²) in [6.45, 7) is -7.31. The third-order valence-electron chi connectivity index (χ3n) is 8.47. The van der Waals surface area contributed by atoms with Crippen LogP contribution in [0.25, 0.3) is 0 Å². The summed E-state index contributed by atoms with van der Waals surface area (Å²) in [5.41, 5.74) is 0. The van der Waals surface area contributed by atoms with Crippen LogP contribution in [-0.4, -0.2) is 261 Å². The maximum absolute atomic E-state index is 12.5. The first-order chi connectivity index (χ1) is 30.6. The van der Waals surface area contributed by atoms with Crippen LogP contribution < -0.4 is 26.0 Å². The Morgan fingerprint density at radius 1 is 0.567 bits per heavy atom. The summed E-state index contributed by atoms with van der Waals surface area (Å²) in [5.74, 6) is -9.01. The van der Waals surface area contributed by atoms with E-state index in [1.807, 2.05) is 0 Å². The minimum Gasteiger partial charge on any atom is -0.550 e. The van der Waals surface area contributed by atoms with Gasteiger partial charge in [-0.05, 0) is 25.3 Å². The van der Waals surface area contributed by atoms with E-state index in [-0.39, 0.29) is 91.2 Å². The largest absolute Gasteiger partial charge is 3.00 e. The van der Waals surface area contributed by atoms with Crippen molar-refractivity contribution in [3.05, 3.63) is 0 Å². The molecule has 1 radical (unpaired) electrons. The number of carbonyl (C=O) groups excluding carboxylic acids is 7. The first-order valence-electron chi connectivity index (χ1n) is 19.5. The molecule has 2 amide bonds. The fraction of sp³-hybridized carbons (Fsp3) is 0.743. The molecule has 0 rings (SSSR count). The number of hydrogen-bond acceptors (Lipinski definition) is 28. The van der Waals surface area contributed by atoms with E-state index in [9.17, 15) is 89.7 Å². The fourth-order valence-electron chi connectivity index (χ4n) is 5.04. The average Bonchev–Trinajstić information content (AvgIpc) is 3.25. The topological polar surface area (TPSA) is 515 Å². The molecule has 14 N–H and O–H groups in total. The summed E-state index contributed by atoms with van der Waals surface area (Å²) in [7, 11) is 0. The van der Waals surface area contributed by atoms with Crippen LogP contribution in [-0.2, 0) is 52.7 Å². The molecule has 0 aromatic rings. The molecular formula is C35H59GdN6O25. The molecule has 67 heavy (non-hydrogen) atoms. The number of aliphatic hydroxyl groups excluding tert-OH is 10. The number of nitrogens with one attached hydrogen (secondary N) is 2. The van der Waals surface area contributed by atoms with Crippen molar-refractivity contribution in [3.8, 4) is 0 Å². The van der Waals surface area contributed by atoms with Crippen LogP contribution in [0, 0.1) is 45.9 Å². The number of amides is 2. The van der Waals surface area contributed by atoms with E-state index in [1.165, 1.54) is 4.90 Å². The summed E-state index contributed by atoms with van der Waals surface area (Å²) in [6.07, 6.45) is -14.9. The molecule has 387 valence electrons. The standard InChI is InChI=1S/C35H60N6O24.Gd.H2O/c42-16-23(46)34(60)32(58)21(44)11-38-64-18-30(56)62-7-2-36-25(48)9-20(10-27(50)51)1-4-40(14-28(52)53)5-6-41(15-29(54)55)13-26(49)37-3-8-63-31(57)19-65-39-12-22(45)33(59)35(61)24(47)17-43;;/h11-12,20-24,32-35,42-47,58-61H,1-10,13-19H2,(H,36,48)(H,37,49)(H,50,51)(H,52,53)(H,54,55);;1H2/q;+3;/p-3/b38-11+,39-12+;;/t20?,21-,22-,23+,24+,32-,33-,34+,35+;;/m0../s1. The van der Waals surface area contributed by atoms with Gasteiger partial charge in [0.25, 0.3) is 0 Å². The minimum absolute atomic E-state index is 0. The van der Waals surface area contributed by atoms with Crippen LogP contribution in [0.1, 0.15) is 19.3 Å². The Hall–Kier alpha value is -3.97. The Balaban J connectivity index is -0.0000205. The molecule has 0 aliphatic carbocycles. The second-order valence-electron chi connectivity index (χ2n) is 13.8. The normalized spacial score (nSPS) is 15.4. The number of nitrogens with zero attached hydrogens (tertiary/aromatic N) is 4. The van der Waals surface area contributed by atoms with Gasteiger partial charge in [-0.2, -0.15) is 0 Å². The number of oxime groups is 2. The van der Waals surface area contributed by atoms with Crippen LogP contribution in [0.4, 0.5) is 0 Å². The van der Waals surface area contributed by atoms with Crippen LogP contribution in [0.2, 0.25) is 0 Å². The fourth-order valence-corrected chi connectivity index (χ4v) is 5.04. The Kier molecular flexibility index (Phi) is 39.1. The van der Waals surface area contributed by atoms with Crippen molar-refractivity contribution in [2.75, 3.05) is 92.0 Å². The van der Waals surface area contributed by atoms with Crippen LogP contribution in [0.3, 0.4) is 0 Å². The zero-order valence-corrected chi connectivity index (χ0v) is 38.0. The molecule has 0 heterocycles. The average molecular weight is 1120 g/mol. The van der Waals surface area contributed by atoms with E-state index in [0.717, 1.165) is 4.90 Å². The molecule has 0 saturated carbocycles. The summed E-state index contributed by atoms with van der Waals surface area (Å²) in [5, 5.41) is 139. The van der Waals surface area contributed by atoms with Crippen LogP contribution in [0.5, 0.6) is 0 Å². The maximum atomic E-state index is 12.5. The van der Waals surface area contributed by atoms with Crippen LogP contribution >= 0.6 is 0 Å². The van der Waals surface area contributed by atoms with Crippen molar-refractivity contribution in [2.45, 2.75) is 68.1 Å².